The van der Waals surface area contributed by atoms with Gasteiger partial charge in [0.1, 0.15) is 28.9 Å². The van der Waals surface area contributed by atoms with E-state index in [9.17, 15) is 4.79 Å². The molecule has 1 rings (SSSR count). The molecule has 0 amide bonds. The summed E-state index contributed by atoms with van der Waals surface area (Å²) in [6.07, 6.45) is 7.85. The van der Waals surface area contributed by atoms with E-state index in [1.807, 2.05) is 12.1 Å². The van der Waals surface area contributed by atoms with Crippen LogP contribution in [0.5, 0.6) is 11.5 Å². The number of aryl methyl sites for hydroxylation is 2. The number of hydrogen-bond donors (Lipinski definition) is 0. The summed E-state index contributed by atoms with van der Waals surface area (Å²) in [4.78, 5) is 10.3. The van der Waals surface area contributed by atoms with Crippen molar-refractivity contribution in [1.29, 1.82) is 0 Å². The van der Waals surface area contributed by atoms with Crippen molar-refractivity contribution >= 4 is 29.5 Å². The summed E-state index contributed by atoms with van der Waals surface area (Å²) in [6.45, 7) is 5.21. The third kappa shape index (κ3) is 7.59. The molecule has 0 N–H and O–H groups in total. The lowest BCUT2D eigenvalue weighted by Gasteiger charge is -2.17. The van der Waals surface area contributed by atoms with Crippen LogP contribution in [0.4, 0.5) is 0 Å². The van der Waals surface area contributed by atoms with Crippen LogP contribution in [0.2, 0.25) is 0 Å². The van der Waals surface area contributed by atoms with Gasteiger partial charge in [-0.2, -0.15) is 0 Å². The average Bonchev–Trinajstić information content (AvgIpc) is 2.57. The maximum atomic E-state index is 10.3. The van der Waals surface area contributed by atoms with Crippen LogP contribution in [-0.2, 0) is 17.6 Å². The Balaban J connectivity index is 2.72. The van der Waals surface area contributed by atoms with Gasteiger partial charge in [-0.15, -0.1) is 0 Å². The number of carbonyl (C=O) groups is 1. The van der Waals surface area contributed by atoms with Crippen LogP contribution in [0.1, 0.15) is 50.7 Å². The SMILES string of the molecule is CCc1cc(OCC=C(Cl)Cl)cc(CC)c1OCCCCCC=O. The molecule has 134 valence electrons. The molecule has 0 aliphatic heterocycles. The third-order valence-corrected chi connectivity index (χ3v) is 3.99. The van der Waals surface area contributed by atoms with Crippen LogP contribution < -0.4 is 9.47 Å². The zero-order valence-electron chi connectivity index (χ0n) is 14.4. The number of halogens is 2. The van der Waals surface area contributed by atoms with E-state index in [2.05, 4.69) is 13.8 Å². The Hall–Kier alpha value is -1.19. The summed E-state index contributed by atoms with van der Waals surface area (Å²) in [5.74, 6) is 1.77. The van der Waals surface area contributed by atoms with E-state index >= 15 is 0 Å². The molecule has 0 bridgehead atoms. The summed E-state index contributed by atoms with van der Waals surface area (Å²) in [6, 6.07) is 4.02. The Bertz CT molecular complexity index is 512. The van der Waals surface area contributed by atoms with Gasteiger partial charge in [0.2, 0.25) is 0 Å². The Kier molecular flexibility index (Phi) is 10.6. The number of carbonyl (C=O) groups excluding carboxylic acids is 1. The Morgan fingerprint density at radius 2 is 1.71 bits per heavy atom. The average molecular weight is 373 g/mol. The van der Waals surface area contributed by atoms with Gasteiger partial charge in [0.15, 0.2) is 0 Å². The lowest BCUT2D eigenvalue weighted by atomic mass is 10.0. The van der Waals surface area contributed by atoms with E-state index in [4.69, 9.17) is 32.7 Å². The number of hydrogen-bond acceptors (Lipinski definition) is 3. The van der Waals surface area contributed by atoms with Gasteiger partial charge in [0.05, 0.1) is 6.61 Å². The van der Waals surface area contributed by atoms with Crippen LogP contribution in [0.3, 0.4) is 0 Å². The molecule has 0 aromatic heterocycles. The minimum Gasteiger partial charge on any atom is -0.493 e. The fourth-order valence-electron chi connectivity index (χ4n) is 2.40. The number of unbranched alkanes of at least 4 members (excludes halogenated alkanes) is 3. The number of benzene rings is 1. The van der Waals surface area contributed by atoms with Crippen LogP contribution in [0, 0.1) is 0 Å². The molecular formula is C19H26Cl2O3. The lowest BCUT2D eigenvalue weighted by molar-refractivity contribution is -0.107. The largest absolute Gasteiger partial charge is 0.493 e. The van der Waals surface area contributed by atoms with Crippen LogP contribution in [-0.4, -0.2) is 19.5 Å². The zero-order chi connectivity index (χ0) is 17.8. The maximum Gasteiger partial charge on any atom is 0.125 e. The van der Waals surface area contributed by atoms with Crippen molar-refractivity contribution in [3.05, 3.63) is 33.8 Å². The molecule has 5 heteroatoms. The highest BCUT2D eigenvalue weighted by molar-refractivity contribution is 6.55. The van der Waals surface area contributed by atoms with E-state index in [-0.39, 0.29) is 4.49 Å². The zero-order valence-corrected chi connectivity index (χ0v) is 16.0. The Labute approximate surface area is 154 Å². The van der Waals surface area contributed by atoms with E-state index in [1.165, 1.54) is 0 Å². The second-order valence-corrected chi connectivity index (χ2v) is 6.45. The molecule has 24 heavy (non-hydrogen) atoms. The minimum atomic E-state index is 0.205. The van der Waals surface area contributed by atoms with Crippen molar-refractivity contribution in [3.8, 4) is 11.5 Å². The molecular weight excluding hydrogens is 347 g/mol. The van der Waals surface area contributed by atoms with Gasteiger partial charge in [-0.25, -0.2) is 0 Å². The molecule has 1 aromatic carbocycles. The number of rotatable bonds is 12. The second-order valence-electron chi connectivity index (χ2n) is 5.45. The van der Waals surface area contributed by atoms with Gasteiger partial charge in [0.25, 0.3) is 0 Å². The topological polar surface area (TPSA) is 35.5 Å². The van der Waals surface area contributed by atoms with E-state index in [0.717, 1.165) is 61.0 Å². The summed E-state index contributed by atoms with van der Waals surface area (Å²) in [5.41, 5.74) is 2.27. The van der Waals surface area contributed by atoms with Crippen molar-refractivity contribution in [2.24, 2.45) is 0 Å². The van der Waals surface area contributed by atoms with Gasteiger partial charge >= 0.3 is 0 Å². The highest BCUT2D eigenvalue weighted by Gasteiger charge is 2.11. The van der Waals surface area contributed by atoms with E-state index in [1.54, 1.807) is 6.08 Å². The highest BCUT2D eigenvalue weighted by Crippen LogP contribution is 2.31. The summed E-state index contributed by atoms with van der Waals surface area (Å²) < 4.78 is 11.9. The normalized spacial score (nSPS) is 10.3. The molecule has 0 heterocycles. The maximum absolute atomic E-state index is 10.3. The molecule has 3 nitrogen and oxygen atoms in total. The molecule has 0 aliphatic carbocycles. The first kappa shape index (κ1) is 20.9. The fraction of sp³-hybridized carbons (Fsp3) is 0.526. The van der Waals surface area contributed by atoms with Crippen molar-refractivity contribution in [1.82, 2.24) is 0 Å². The standard InChI is InChI=1S/C19H26Cl2O3/c1-3-15-13-17(23-12-9-18(20)21)14-16(4-2)19(15)24-11-8-6-5-7-10-22/h9-10,13-14H,3-8,11-12H2,1-2H3. The molecule has 1 aromatic rings. The summed E-state index contributed by atoms with van der Waals surface area (Å²) in [5, 5.41) is 0. The quantitative estimate of drug-likeness (QED) is 0.351. The molecule has 0 atom stereocenters. The predicted molar refractivity (Wildman–Crippen MR) is 101 cm³/mol. The Morgan fingerprint density at radius 3 is 2.25 bits per heavy atom. The fourth-order valence-corrected chi connectivity index (χ4v) is 2.52. The first-order valence-electron chi connectivity index (χ1n) is 8.48. The molecule has 0 radical (unpaired) electrons. The smallest absolute Gasteiger partial charge is 0.125 e. The van der Waals surface area contributed by atoms with Crippen LogP contribution in [0.15, 0.2) is 22.7 Å². The highest BCUT2D eigenvalue weighted by atomic mass is 35.5. The molecule has 0 fully saturated rings. The summed E-state index contributed by atoms with van der Waals surface area (Å²) >= 11 is 11.2. The van der Waals surface area contributed by atoms with Crippen molar-refractivity contribution in [3.63, 3.8) is 0 Å². The number of ether oxygens (including phenoxy) is 2. The molecule has 0 saturated heterocycles. The number of aldehydes is 1. The molecule has 0 aliphatic rings. The predicted octanol–water partition coefficient (Wildman–Crippen LogP) is 5.65. The lowest BCUT2D eigenvalue weighted by Crippen LogP contribution is -2.05. The van der Waals surface area contributed by atoms with E-state index in [0.29, 0.717) is 19.6 Å². The van der Waals surface area contributed by atoms with Crippen LogP contribution >= 0.6 is 23.2 Å². The Morgan fingerprint density at radius 1 is 1.04 bits per heavy atom. The molecule has 0 unspecified atom stereocenters. The third-order valence-electron chi connectivity index (χ3n) is 3.68. The molecule has 0 spiro atoms. The first-order valence-corrected chi connectivity index (χ1v) is 9.24. The molecule has 0 saturated carbocycles. The monoisotopic (exact) mass is 372 g/mol. The van der Waals surface area contributed by atoms with Gasteiger partial charge in [-0.3, -0.25) is 0 Å². The first-order chi connectivity index (χ1) is 11.6. The van der Waals surface area contributed by atoms with Crippen molar-refractivity contribution < 1.29 is 14.3 Å². The van der Waals surface area contributed by atoms with Crippen LogP contribution in [0.25, 0.3) is 0 Å². The van der Waals surface area contributed by atoms with Gasteiger partial charge in [-0.1, -0.05) is 37.0 Å². The minimum absolute atomic E-state index is 0.205. The van der Waals surface area contributed by atoms with E-state index < -0.39 is 0 Å². The van der Waals surface area contributed by atoms with Gasteiger partial charge in [0, 0.05) is 6.42 Å². The second kappa shape index (κ2) is 12.2. The van der Waals surface area contributed by atoms with Gasteiger partial charge < -0.3 is 14.3 Å². The van der Waals surface area contributed by atoms with Gasteiger partial charge in [-0.05, 0) is 61.4 Å². The van der Waals surface area contributed by atoms with Crippen molar-refractivity contribution in [2.75, 3.05) is 13.2 Å². The van der Waals surface area contributed by atoms with Crippen molar-refractivity contribution in [2.45, 2.75) is 52.4 Å². The summed E-state index contributed by atoms with van der Waals surface area (Å²) in [7, 11) is 0.